The molecule has 0 fully saturated rings. The van der Waals surface area contributed by atoms with E-state index in [4.69, 9.17) is 0 Å². The number of carbonyl (C=O) groups is 1. The summed E-state index contributed by atoms with van der Waals surface area (Å²) in [6.45, 7) is 2.53. The fraction of sp³-hybridized carbons (Fsp3) is 0.286. The summed E-state index contributed by atoms with van der Waals surface area (Å²) in [5.74, 6) is 0.899. The summed E-state index contributed by atoms with van der Waals surface area (Å²) >= 11 is 0. The van der Waals surface area contributed by atoms with Crippen molar-refractivity contribution < 1.29 is 4.79 Å². The Balaban J connectivity index is 1.98. The van der Waals surface area contributed by atoms with E-state index in [1.807, 2.05) is 31.2 Å². The second-order valence-corrected chi connectivity index (χ2v) is 4.39. The molecule has 1 aromatic carbocycles. The first-order valence-electron chi connectivity index (χ1n) is 5.93. The number of benzene rings is 1. The van der Waals surface area contributed by atoms with Crippen molar-refractivity contribution in [1.82, 2.24) is 14.9 Å². The zero-order valence-electron chi connectivity index (χ0n) is 10.7. The predicted molar refractivity (Wildman–Crippen MR) is 69.9 cm³/mol. The summed E-state index contributed by atoms with van der Waals surface area (Å²) in [5, 5.41) is 0. The van der Waals surface area contributed by atoms with Crippen LogP contribution in [0.3, 0.4) is 0 Å². The van der Waals surface area contributed by atoms with Gasteiger partial charge in [0, 0.05) is 19.4 Å². The van der Waals surface area contributed by atoms with Gasteiger partial charge in [0.25, 0.3) is 0 Å². The molecule has 2 aromatic rings. The summed E-state index contributed by atoms with van der Waals surface area (Å²) in [6.07, 6.45) is 3.88. The van der Waals surface area contributed by atoms with Crippen molar-refractivity contribution >= 4 is 5.91 Å². The molecule has 0 aliphatic heterocycles. The minimum Gasteiger partial charge on any atom is -0.347 e. The van der Waals surface area contributed by atoms with E-state index in [9.17, 15) is 4.79 Å². The van der Waals surface area contributed by atoms with E-state index in [0.29, 0.717) is 13.0 Å². The van der Waals surface area contributed by atoms with Gasteiger partial charge in [-0.05, 0) is 18.1 Å². The summed E-state index contributed by atoms with van der Waals surface area (Å²) in [4.78, 5) is 20.9. The average molecular weight is 243 g/mol. The lowest BCUT2D eigenvalue weighted by molar-refractivity contribution is -0.129. The molecule has 0 saturated carbocycles. The molecule has 0 aliphatic rings. The molecular weight excluding hydrogens is 226 g/mol. The molecular formula is C14H17N3O. The van der Waals surface area contributed by atoms with E-state index >= 15 is 0 Å². The van der Waals surface area contributed by atoms with Crippen molar-refractivity contribution in [2.45, 2.75) is 19.9 Å². The smallest absolute Gasteiger partial charge is 0.227 e. The number of H-pyrrole nitrogens is 1. The number of imidazole rings is 1. The van der Waals surface area contributed by atoms with Crippen LogP contribution in [0.25, 0.3) is 0 Å². The quantitative estimate of drug-likeness (QED) is 0.891. The summed E-state index contributed by atoms with van der Waals surface area (Å²) < 4.78 is 0. The second-order valence-electron chi connectivity index (χ2n) is 4.39. The first-order chi connectivity index (χ1) is 8.66. The zero-order chi connectivity index (χ0) is 13.0. The third-order valence-electron chi connectivity index (χ3n) is 2.97. The Morgan fingerprint density at radius 1 is 1.39 bits per heavy atom. The van der Waals surface area contributed by atoms with Crippen LogP contribution in [0.5, 0.6) is 0 Å². The second kappa shape index (κ2) is 5.49. The highest BCUT2D eigenvalue weighted by Gasteiger charge is 2.12. The molecule has 1 N–H and O–H groups in total. The molecule has 0 bridgehead atoms. The van der Waals surface area contributed by atoms with Gasteiger partial charge in [-0.1, -0.05) is 24.3 Å². The number of amides is 1. The number of aromatic nitrogens is 2. The van der Waals surface area contributed by atoms with E-state index in [1.165, 1.54) is 0 Å². The van der Waals surface area contributed by atoms with Crippen LogP contribution in [0.1, 0.15) is 17.0 Å². The van der Waals surface area contributed by atoms with Crippen LogP contribution in [-0.2, 0) is 17.8 Å². The number of nitrogens with one attached hydrogen (secondary N) is 1. The Morgan fingerprint density at radius 2 is 2.17 bits per heavy atom. The molecule has 0 saturated heterocycles. The van der Waals surface area contributed by atoms with Crippen molar-refractivity contribution in [2.24, 2.45) is 0 Å². The Labute approximate surface area is 107 Å². The van der Waals surface area contributed by atoms with Crippen molar-refractivity contribution in [3.05, 3.63) is 53.6 Å². The molecule has 1 amide bonds. The Bertz CT molecular complexity index is 520. The van der Waals surface area contributed by atoms with Gasteiger partial charge in [-0.15, -0.1) is 0 Å². The minimum atomic E-state index is 0.0979. The lowest BCUT2D eigenvalue weighted by atomic mass is 10.1. The van der Waals surface area contributed by atoms with Gasteiger partial charge in [-0.25, -0.2) is 4.98 Å². The van der Waals surface area contributed by atoms with Gasteiger partial charge >= 0.3 is 0 Å². The van der Waals surface area contributed by atoms with Gasteiger partial charge < -0.3 is 9.88 Å². The molecule has 18 heavy (non-hydrogen) atoms. The fourth-order valence-corrected chi connectivity index (χ4v) is 1.80. The number of nitrogens with zero attached hydrogens (tertiary/aromatic N) is 2. The highest BCUT2D eigenvalue weighted by molar-refractivity contribution is 5.78. The highest BCUT2D eigenvalue weighted by atomic mass is 16.2. The normalized spacial score (nSPS) is 10.3. The predicted octanol–water partition coefficient (Wildman–Crippen LogP) is 1.92. The van der Waals surface area contributed by atoms with Gasteiger partial charge in [0.1, 0.15) is 5.82 Å². The molecule has 0 radical (unpaired) electrons. The van der Waals surface area contributed by atoms with E-state index in [-0.39, 0.29) is 5.91 Å². The first-order valence-corrected chi connectivity index (χ1v) is 5.93. The molecule has 4 heteroatoms. The van der Waals surface area contributed by atoms with E-state index < -0.39 is 0 Å². The van der Waals surface area contributed by atoms with Crippen molar-refractivity contribution in [2.75, 3.05) is 7.05 Å². The van der Waals surface area contributed by atoms with Crippen molar-refractivity contribution in [1.29, 1.82) is 0 Å². The Kier molecular flexibility index (Phi) is 3.77. The molecule has 0 aliphatic carbocycles. The fourth-order valence-electron chi connectivity index (χ4n) is 1.80. The van der Waals surface area contributed by atoms with Crippen LogP contribution in [0.4, 0.5) is 0 Å². The summed E-state index contributed by atoms with van der Waals surface area (Å²) in [6, 6.07) is 7.96. The first kappa shape index (κ1) is 12.4. The topological polar surface area (TPSA) is 49.0 Å². The zero-order valence-corrected chi connectivity index (χ0v) is 10.7. The Hall–Kier alpha value is -2.10. The van der Waals surface area contributed by atoms with Gasteiger partial charge in [-0.3, -0.25) is 4.79 Å². The molecule has 0 atom stereocenters. The van der Waals surface area contributed by atoms with Crippen LogP contribution in [0.15, 0.2) is 36.7 Å². The minimum absolute atomic E-state index is 0.0979. The molecule has 4 nitrogen and oxygen atoms in total. The standard InChI is InChI=1S/C14H17N3O/c1-11-5-3-4-6-12(11)9-14(18)17(2)10-13-15-7-8-16-13/h3-8H,9-10H2,1-2H3,(H,15,16). The number of hydrogen-bond donors (Lipinski definition) is 1. The van der Waals surface area contributed by atoms with Crippen molar-refractivity contribution in [3.63, 3.8) is 0 Å². The molecule has 1 aromatic heterocycles. The number of hydrogen-bond acceptors (Lipinski definition) is 2. The third kappa shape index (κ3) is 2.97. The maximum absolute atomic E-state index is 12.1. The third-order valence-corrected chi connectivity index (χ3v) is 2.97. The van der Waals surface area contributed by atoms with Crippen molar-refractivity contribution in [3.8, 4) is 0 Å². The maximum atomic E-state index is 12.1. The van der Waals surface area contributed by atoms with Crippen LogP contribution >= 0.6 is 0 Å². The number of aryl methyl sites for hydroxylation is 1. The van der Waals surface area contributed by atoms with Gasteiger partial charge in [0.15, 0.2) is 0 Å². The number of rotatable bonds is 4. The molecule has 2 rings (SSSR count). The van der Waals surface area contributed by atoms with Gasteiger partial charge in [0.05, 0.1) is 13.0 Å². The summed E-state index contributed by atoms with van der Waals surface area (Å²) in [5.41, 5.74) is 2.23. The Morgan fingerprint density at radius 3 is 2.83 bits per heavy atom. The molecule has 94 valence electrons. The van der Waals surface area contributed by atoms with Crippen LogP contribution in [0.2, 0.25) is 0 Å². The lowest BCUT2D eigenvalue weighted by Crippen LogP contribution is -2.28. The number of carbonyl (C=O) groups excluding carboxylic acids is 1. The molecule has 0 unspecified atom stereocenters. The van der Waals surface area contributed by atoms with E-state index in [0.717, 1.165) is 17.0 Å². The monoisotopic (exact) mass is 243 g/mol. The van der Waals surface area contributed by atoms with Crippen LogP contribution in [-0.4, -0.2) is 27.8 Å². The molecule has 0 spiro atoms. The highest BCUT2D eigenvalue weighted by Crippen LogP contribution is 2.09. The van der Waals surface area contributed by atoms with E-state index in [2.05, 4.69) is 9.97 Å². The van der Waals surface area contributed by atoms with E-state index in [1.54, 1.807) is 24.3 Å². The largest absolute Gasteiger partial charge is 0.347 e. The van der Waals surface area contributed by atoms with Crippen LogP contribution in [0, 0.1) is 6.92 Å². The number of aromatic amines is 1. The van der Waals surface area contributed by atoms with Gasteiger partial charge in [0.2, 0.25) is 5.91 Å². The van der Waals surface area contributed by atoms with Gasteiger partial charge in [-0.2, -0.15) is 0 Å². The number of likely N-dealkylation sites (N-methyl/N-ethyl adjacent to an activating group) is 1. The lowest BCUT2D eigenvalue weighted by Gasteiger charge is -2.16. The average Bonchev–Trinajstić information content (AvgIpc) is 2.84. The molecule has 1 heterocycles. The van der Waals surface area contributed by atoms with Crippen LogP contribution < -0.4 is 0 Å². The SMILES string of the molecule is Cc1ccccc1CC(=O)N(C)Cc1ncc[nH]1. The maximum Gasteiger partial charge on any atom is 0.227 e. The summed E-state index contributed by atoms with van der Waals surface area (Å²) in [7, 11) is 1.79.